The molecular weight excluding hydrogens is 286 g/mol. The fourth-order valence-corrected chi connectivity index (χ4v) is 2.67. The van der Waals surface area contributed by atoms with Crippen LogP contribution in [0.5, 0.6) is 0 Å². The monoisotopic (exact) mass is 307 g/mol. The third-order valence-corrected chi connectivity index (χ3v) is 3.78. The number of hydrogen-bond donors (Lipinski definition) is 2. The first-order chi connectivity index (χ1) is 11.3. The first kappa shape index (κ1) is 15.1. The molecule has 0 saturated heterocycles. The van der Waals surface area contributed by atoms with Gasteiger partial charge in [0.15, 0.2) is 5.65 Å². The van der Waals surface area contributed by atoms with E-state index in [9.17, 15) is 0 Å². The molecule has 0 unspecified atom stereocenters. The number of imidazole rings is 1. The molecule has 0 bridgehead atoms. The van der Waals surface area contributed by atoms with Gasteiger partial charge in [0.25, 0.3) is 0 Å². The maximum absolute atomic E-state index is 6.03. The van der Waals surface area contributed by atoms with Gasteiger partial charge in [0, 0.05) is 12.4 Å². The van der Waals surface area contributed by atoms with Crippen LogP contribution in [0.15, 0.2) is 61.2 Å². The summed E-state index contributed by atoms with van der Waals surface area (Å²) in [6.07, 6.45) is 17.7. The summed E-state index contributed by atoms with van der Waals surface area (Å²) in [5, 5.41) is 7.87. The van der Waals surface area contributed by atoms with Crippen LogP contribution in [0.3, 0.4) is 0 Å². The van der Waals surface area contributed by atoms with Gasteiger partial charge >= 0.3 is 0 Å². The zero-order valence-electron chi connectivity index (χ0n) is 13.1. The lowest BCUT2D eigenvalue weighted by molar-refractivity contribution is 0.736. The van der Waals surface area contributed by atoms with Gasteiger partial charge in [-0.05, 0) is 43.4 Å². The molecule has 0 amide bonds. The van der Waals surface area contributed by atoms with E-state index in [1.165, 1.54) is 18.4 Å². The molecule has 118 valence electrons. The van der Waals surface area contributed by atoms with Crippen molar-refractivity contribution in [2.24, 2.45) is 5.73 Å². The van der Waals surface area contributed by atoms with Crippen molar-refractivity contribution in [2.45, 2.75) is 25.7 Å². The second kappa shape index (κ2) is 6.96. The standard InChI is InChI=1S/C18H21N5/c1-2-3-5-10-17(19)21-16-13-15(14-8-6-4-7-9-14)22-23-12-11-20-18(16)23/h2-3,5,8,10-13,21H,1,4,6-7,9,19H2/b5-3-,17-10+. The highest BCUT2D eigenvalue weighted by Gasteiger charge is 2.12. The van der Waals surface area contributed by atoms with Crippen LogP contribution in [-0.4, -0.2) is 14.6 Å². The van der Waals surface area contributed by atoms with Crippen LogP contribution in [0.25, 0.3) is 11.2 Å². The average Bonchev–Trinajstić information content (AvgIpc) is 3.05. The molecule has 5 nitrogen and oxygen atoms in total. The number of fused-ring (bicyclic) bond motifs is 1. The molecule has 0 saturated carbocycles. The summed E-state index contributed by atoms with van der Waals surface area (Å²) in [4.78, 5) is 4.36. The first-order valence-electron chi connectivity index (χ1n) is 7.83. The quantitative estimate of drug-likeness (QED) is 0.828. The van der Waals surface area contributed by atoms with Gasteiger partial charge in [-0.3, -0.25) is 0 Å². The van der Waals surface area contributed by atoms with Crippen molar-refractivity contribution in [3.8, 4) is 0 Å². The molecule has 2 aromatic rings. The summed E-state index contributed by atoms with van der Waals surface area (Å²) < 4.78 is 1.79. The van der Waals surface area contributed by atoms with E-state index in [0.29, 0.717) is 5.82 Å². The third-order valence-electron chi connectivity index (χ3n) is 3.78. The number of allylic oxidation sites excluding steroid dienone is 6. The van der Waals surface area contributed by atoms with Crippen LogP contribution in [0, 0.1) is 0 Å². The molecule has 0 fully saturated rings. The van der Waals surface area contributed by atoms with Crippen molar-refractivity contribution in [1.82, 2.24) is 14.6 Å². The zero-order valence-corrected chi connectivity index (χ0v) is 13.1. The van der Waals surface area contributed by atoms with E-state index in [1.54, 1.807) is 22.9 Å². The van der Waals surface area contributed by atoms with E-state index in [2.05, 4.69) is 28.1 Å². The molecule has 0 radical (unpaired) electrons. The van der Waals surface area contributed by atoms with Crippen LogP contribution >= 0.6 is 0 Å². The molecule has 3 rings (SSSR count). The fraction of sp³-hybridized carbons (Fsp3) is 0.222. The second-order valence-corrected chi connectivity index (χ2v) is 5.48. The number of nitrogens with one attached hydrogen (secondary N) is 1. The Morgan fingerprint density at radius 1 is 1.35 bits per heavy atom. The molecule has 5 heteroatoms. The minimum Gasteiger partial charge on any atom is -0.385 e. The first-order valence-corrected chi connectivity index (χ1v) is 7.83. The molecule has 0 aromatic carbocycles. The maximum Gasteiger partial charge on any atom is 0.177 e. The smallest absolute Gasteiger partial charge is 0.177 e. The number of nitrogens with two attached hydrogens (primary N) is 1. The van der Waals surface area contributed by atoms with Crippen molar-refractivity contribution in [3.05, 3.63) is 66.9 Å². The van der Waals surface area contributed by atoms with Gasteiger partial charge in [-0.15, -0.1) is 0 Å². The van der Waals surface area contributed by atoms with Crippen molar-refractivity contribution in [3.63, 3.8) is 0 Å². The van der Waals surface area contributed by atoms with Crippen molar-refractivity contribution in [2.75, 3.05) is 5.32 Å². The minimum absolute atomic E-state index is 0.544. The summed E-state index contributed by atoms with van der Waals surface area (Å²) in [6.45, 7) is 3.63. The Morgan fingerprint density at radius 3 is 3.04 bits per heavy atom. The Morgan fingerprint density at radius 2 is 2.26 bits per heavy atom. The molecule has 23 heavy (non-hydrogen) atoms. The number of nitrogens with zero attached hydrogens (tertiary/aromatic N) is 3. The zero-order chi connectivity index (χ0) is 16.1. The molecule has 3 N–H and O–H groups in total. The van der Waals surface area contributed by atoms with E-state index in [4.69, 9.17) is 5.73 Å². The predicted molar refractivity (Wildman–Crippen MR) is 94.7 cm³/mol. The van der Waals surface area contributed by atoms with Crippen LogP contribution in [-0.2, 0) is 0 Å². The molecule has 1 aliphatic carbocycles. The summed E-state index contributed by atoms with van der Waals surface area (Å²) in [6, 6.07) is 2.03. The Labute approximate surface area is 135 Å². The summed E-state index contributed by atoms with van der Waals surface area (Å²) in [7, 11) is 0. The molecule has 0 atom stereocenters. The van der Waals surface area contributed by atoms with E-state index < -0.39 is 0 Å². The van der Waals surface area contributed by atoms with Gasteiger partial charge in [0.2, 0.25) is 0 Å². The van der Waals surface area contributed by atoms with E-state index in [0.717, 1.165) is 29.9 Å². The van der Waals surface area contributed by atoms with Gasteiger partial charge in [0.05, 0.1) is 11.4 Å². The fourth-order valence-electron chi connectivity index (χ4n) is 2.67. The highest BCUT2D eigenvalue weighted by atomic mass is 15.3. The third kappa shape index (κ3) is 3.51. The van der Waals surface area contributed by atoms with Gasteiger partial charge in [-0.2, -0.15) is 5.10 Å². The molecule has 1 aliphatic rings. The molecule has 2 heterocycles. The lowest BCUT2D eigenvalue weighted by atomic mass is 9.97. The Hall–Kier alpha value is -2.82. The lowest BCUT2D eigenvalue weighted by Gasteiger charge is -2.14. The van der Waals surface area contributed by atoms with E-state index >= 15 is 0 Å². The van der Waals surface area contributed by atoms with Crippen LogP contribution in [0.4, 0.5) is 5.69 Å². The highest BCUT2D eigenvalue weighted by molar-refractivity contribution is 5.74. The van der Waals surface area contributed by atoms with Gasteiger partial charge in [-0.25, -0.2) is 9.50 Å². The van der Waals surface area contributed by atoms with Crippen LogP contribution in [0.1, 0.15) is 31.4 Å². The maximum atomic E-state index is 6.03. The van der Waals surface area contributed by atoms with Gasteiger partial charge in [-0.1, -0.05) is 30.9 Å². The van der Waals surface area contributed by atoms with Crippen molar-refractivity contribution >= 4 is 16.9 Å². The van der Waals surface area contributed by atoms with Crippen molar-refractivity contribution in [1.29, 1.82) is 0 Å². The van der Waals surface area contributed by atoms with Gasteiger partial charge < -0.3 is 11.1 Å². The lowest BCUT2D eigenvalue weighted by Crippen LogP contribution is -2.11. The molecule has 0 spiro atoms. The SMILES string of the molecule is C=C/C=C\C=C(/N)Nc1cc(C2=CCCCC2)nn2ccnc12. The van der Waals surface area contributed by atoms with Crippen LogP contribution < -0.4 is 11.1 Å². The van der Waals surface area contributed by atoms with E-state index in [1.807, 2.05) is 24.4 Å². The number of rotatable bonds is 5. The molecule has 0 aliphatic heterocycles. The molecule has 2 aromatic heterocycles. The molecular formula is C18H21N5. The topological polar surface area (TPSA) is 68.2 Å². The largest absolute Gasteiger partial charge is 0.385 e. The second-order valence-electron chi connectivity index (χ2n) is 5.48. The average molecular weight is 307 g/mol. The minimum atomic E-state index is 0.544. The summed E-state index contributed by atoms with van der Waals surface area (Å²) >= 11 is 0. The van der Waals surface area contributed by atoms with E-state index in [-0.39, 0.29) is 0 Å². The Kier molecular flexibility index (Phi) is 4.57. The van der Waals surface area contributed by atoms with Crippen molar-refractivity contribution < 1.29 is 0 Å². The van der Waals surface area contributed by atoms with Crippen LogP contribution in [0.2, 0.25) is 0 Å². The summed E-state index contributed by atoms with van der Waals surface area (Å²) in [5.74, 6) is 0.544. The number of hydrogen-bond acceptors (Lipinski definition) is 4. The number of anilines is 1. The Bertz CT molecular complexity index is 795. The highest BCUT2D eigenvalue weighted by Crippen LogP contribution is 2.28. The normalized spacial score (nSPS) is 15.8. The Balaban J connectivity index is 1.96. The predicted octanol–water partition coefficient (Wildman–Crippen LogP) is 3.64. The van der Waals surface area contributed by atoms with Gasteiger partial charge in [0.1, 0.15) is 5.82 Å². The summed E-state index contributed by atoms with van der Waals surface area (Å²) in [5.41, 5.74) is 9.91. The number of aromatic nitrogens is 3.